The number of rotatable bonds is 2. The lowest BCUT2D eigenvalue weighted by Gasteiger charge is -1.98. The zero-order valence-electron chi connectivity index (χ0n) is 9.92. The SMILES string of the molecule is N#Cc1ccccc1-c1nc2ccc(C=O)cc2[nH]1. The number of nitrogens with one attached hydrogen (secondary N) is 1. The summed E-state index contributed by atoms with van der Waals surface area (Å²) in [5.74, 6) is 0.634. The van der Waals surface area contributed by atoms with E-state index in [1.807, 2.05) is 18.2 Å². The van der Waals surface area contributed by atoms with E-state index >= 15 is 0 Å². The number of imidazole rings is 1. The summed E-state index contributed by atoms with van der Waals surface area (Å²) in [6, 6.07) is 14.7. The van der Waals surface area contributed by atoms with Crippen molar-refractivity contribution in [2.24, 2.45) is 0 Å². The largest absolute Gasteiger partial charge is 0.338 e. The summed E-state index contributed by atoms with van der Waals surface area (Å²) in [6.45, 7) is 0. The van der Waals surface area contributed by atoms with Crippen molar-refractivity contribution in [3.63, 3.8) is 0 Å². The molecule has 0 amide bonds. The maximum Gasteiger partial charge on any atom is 0.150 e. The number of aromatic amines is 1. The quantitative estimate of drug-likeness (QED) is 0.708. The van der Waals surface area contributed by atoms with Gasteiger partial charge in [0.15, 0.2) is 0 Å². The number of hydrogen-bond donors (Lipinski definition) is 1. The average Bonchev–Trinajstić information content (AvgIpc) is 2.89. The van der Waals surface area contributed by atoms with E-state index < -0.39 is 0 Å². The van der Waals surface area contributed by atoms with Crippen LogP contribution in [-0.4, -0.2) is 16.3 Å². The van der Waals surface area contributed by atoms with Crippen LogP contribution in [0.3, 0.4) is 0 Å². The van der Waals surface area contributed by atoms with Crippen LogP contribution in [0.5, 0.6) is 0 Å². The Balaban J connectivity index is 2.21. The van der Waals surface area contributed by atoms with Crippen molar-refractivity contribution >= 4 is 17.3 Å². The van der Waals surface area contributed by atoms with Crippen molar-refractivity contribution in [1.29, 1.82) is 5.26 Å². The van der Waals surface area contributed by atoms with Gasteiger partial charge in [0, 0.05) is 11.1 Å². The first-order chi connectivity index (χ1) is 9.31. The van der Waals surface area contributed by atoms with Gasteiger partial charge in [-0.05, 0) is 30.3 Å². The Bertz CT molecular complexity index is 812. The molecule has 0 atom stereocenters. The molecule has 3 aromatic rings. The molecule has 0 aliphatic rings. The number of carbonyl (C=O) groups is 1. The lowest BCUT2D eigenvalue weighted by molar-refractivity contribution is 0.112. The van der Waals surface area contributed by atoms with Gasteiger partial charge in [0.2, 0.25) is 0 Å². The first-order valence-electron chi connectivity index (χ1n) is 5.76. The van der Waals surface area contributed by atoms with Gasteiger partial charge in [-0.25, -0.2) is 4.98 Å². The van der Waals surface area contributed by atoms with E-state index in [1.54, 1.807) is 24.3 Å². The molecule has 0 unspecified atom stereocenters. The van der Waals surface area contributed by atoms with E-state index in [1.165, 1.54) is 0 Å². The molecule has 0 fully saturated rings. The lowest BCUT2D eigenvalue weighted by atomic mass is 10.1. The topological polar surface area (TPSA) is 69.5 Å². The number of aldehydes is 1. The normalized spacial score (nSPS) is 10.3. The predicted octanol–water partition coefficient (Wildman–Crippen LogP) is 2.91. The molecule has 0 spiro atoms. The summed E-state index contributed by atoms with van der Waals surface area (Å²) in [5.41, 5.74) is 3.47. The second-order valence-electron chi connectivity index (χ2n) is 4.14. The van der Waals surface area contributed by atoms with Crippen LogP contribution in [0.4, 0.5) is 0 Å². The van der Waals surface area contributed by atoms with Crippen molar-refractivity contribution in [2.45, 2.75) is 0 Å². The first-order valence-corrected chi connectivity index (χ1v) is 5.76. The maximum atomic E-state index is 10.8. The number of nitrogens with zero attached hydrogens (tertiary/aromatic N) is 2. The van der Waals surface area contributed by atoms with Crippen LogP contribution in [0.15, 0.2) is 42.5 Å². The first kappa shape index (κ1) is 11.2. The van der Waals surface area contributed by atoms with Crippen LogP contribution in [0.25, 0.3) is 22.4 Å². The molecule has 3 rings (SSSR count). The summed E-state index contributed by atoms with van der Waals surface area (Å²) in [7, 11) is 0. The lowest BCUT2D eigenvalue weighted by Crippen LogP contribution is -1.85. The molecule has 0 aliphatic heterocycles. The number of aromatic nitrogens is 2. The smallest absolute Gasteiger partial charge is 0.150 e. The zero-order valence-corrected chi connectivity index (χ0v) is 9.92. The number of nitriles is 1. The Morgan fingerprint density at radius 1 is 1.21 bits per heavy atom. The number of H-pyrrole nitrogens is 1. The molecule has 4 heteroatoms. The Kier molecular flexibility index (Phi) is 2.58. The number of carbonyl (C=O) groups excluding carboxylic acids is 1. The maximum absolute atomic E-state index is 10.8. The molecular weight excluding hydrogens is 238 g/mol. The minimum absolute atomic E-state index is 0.567. The van der Waals surface area contributed by atoms with Gasteiger partial charge in [0.05, 0.1) is 22.7 Å². The van der Waals surface area contributed by atoms with E-state index in [9.17, 15) is 4.79 Å². The second kappa shape index (κ2) is 4.39. The van der Waals surface area contributed by atoms with Gasteiger partial charge < -0.3 is 4.98 Å². The number of hydrogen-bond acceptors (Lipinski definition) is 3. The summed E-state index contributed by atoms with van der Waals surface area (Å²) in [6.07, 6.45) is 0.795. The van der Waals surface area contributed by atoms with Gasteiger partial charge in [-0.3, -0.25) is 4.79 Å². The molecular formula is C15H9N3O. The molecule has 0 radical (unpaired) electrons. The Morgan fingerprint density at radius 3 is 2.84 bits per heavy atom. The highest BCUT2D eigenvalue weighted by Gasteiger charge is 2.09. The molecule has 2 aromatic carbocycles. The van der Waals surface area contributed by atoms with Crippen LogP contribution in [0.1, 0.15) is 15.9 Å². The Morgan fingerprint density at radius 2 is 2.05 bits per heavy atom. The Hall–Kier alpha value is -2.93. The second-order valence-corrected chi connectivity index (χ2v) is 4.14. The summed E-state index contributed by atoms with van der Waals surface area (Å²) in [5, 5.41) is 9.10. The summed E-state index contributed by atoms with van der Waals surface area (Å²) in [4.78, 5) is 18.3. The molecule has 0 saturated carbocycles. The van der Waals surface area contributed by atoms with E-state index in [-0.39, 0.29) is 0 Å². The number of fused-ring (bicyclic) bond motifs is 1. The highest BCUT2D eigenvalue weighted by atomic mass is 16.1. The molecule has 1 N–H and O–H groups in total. The highest BCUT2D eigenvalue weighted by Crippen LogP contribution is 2.23. The zero-order chi connectivity index (χ0) is 13.2. The van der Waals surface area contributed by atoms with Crippen LogP contribution in [-0.2, 0) is 0 Å². The highest BCUT2D eigenvalue weighted by molar-refractivity contribution is 5.87. The average molecular weight is 247 g/mol. The summed E-state index contributed by atoms with van der Waals surface area (Å²) < 4.78 is 0. The monoisotopic (exact) mass is 247 g/mol. The van der Waals surface area contributed by atoms with Gasteiger partial charge >= 0.3 is 0 Å². The van der Waals surface area contributed by atoms with Crippen LogP contribution >= 0.6 is 0 Å². The molecule has 19 heavy (non-hydrogen) atoms. The fourth-order valence-corrected chi connectivity index (χ4v) is 2.02. The van der Waals surface area contributed by atoms with Gasteiger partial charge in [-0.1, -0.05) is 12.1 Å². The van der Waals surface area contributed by atoms with Gasteiger partial charge in [0.25, 0.3) is 0 Å². The summed E-state index contributed by atoms with van der Waals surface area (Å²) >= 11 is 0. The van der Waals surface area contributed by atoms with E-state index in [0.717, 1.165) is 22.9 Å². The van der Waals surface area contributed by atoms with Crippen molar-refractivity contribution in [1.82, 2.24) is 9.97 Å². The van der Waals surface area contributed by atoms with Crippen LogP contribution in [0, 0.1) is 11.3 Å². The van der Waals surface area contributed by atoms with Gasteiger partial charge in [0.1, 0.15) is 12.1 Å². The third-order valence-corrected chi connectivity index (χ3v) is 2.94. The third-order valence-electron chi connectivity index (χ3n) is 2.94. The van der Waals surface area contributed by atoms with E-state index in [0.29, 0.717) is 17.0 Å². The van der Waals surface area contributed by atoms with Crippen molar-refractivity contribution in [2.75, 3.05) is 0 Å². The standard InChI is InChI=1S/C15H9N3O/c16-8-11-3-1-2-4-12(11)15-17-13-6-5-10(9-19)7-14(13)18-15/h1-7,9H,(H,17,18). The Labute approximate surface area is 109 Å². The molecule has 4 nitrogen and oxygen atoms in total. The molecule has 0 bridgehead atoms. The molecule has 1 aromatic heterocycles. The molecule has 0 saturated heterocycles. The third kappa shape index (κ3) is 1.87. The van der Waals surface area contributed by atoms with Crippen molar-refractivity contribution < 1.29 is 4.79 Å². The fourth-order valence-electron chi connectivity index (χ4n) is 2.02. The van der Waals surface area contributed by atoms with E-state index in [4.69, 9.17) is 5.26 Å². The molecule has 1 heterocycles. The van der Waals surface area contributed by atoms with Crippen molar-refractivity contribution in [3.05, 3.63) is 53.6 Å². The molecule has 0 aliphatic carbocycles. The van der Waals surface area contributed by atoms with Crippen LogP contribution < -0.4 is 0 Å². The van der Waals surface area contributed by atoms with Gasteiger partial charge in [-0.15, -0.1) is 0 Å². The van der Waals surface area contributed by atoms with Gasteiger partial charge in [-0.2, -0.15) is 5.26 Å². The number of benzene rings is 2. The predicted molar refractivity (Wildman–Crippen MR) is 71.6 cm³/mol. The minimum Gasteiger partial charge on any atom is -0.338 e. The minimum atomic E-state index is 0.567. The van der Waals surface area contributed by atoms with Crippen LogP contribution in [0.2, 0.25) is 0 Å². The van der Waals surface area contributed by atoms with Crippen molar-refractivity contribution in [3.8, 4) is 17.5 Å². The molecule has 90 valence electrons. The fraction of sp³-hybridized carbons (Fsp3) is 0. The van der Waals surface area contributed by atoms with E-state index in [2.05, 4.69) is 16.0 Å².